The van der Waals surface area contributed by atoms with E-state index < -0.39 is 0 Å². The zero-order chi connectivity index (χ0) is 13.1. The second-order valence-corrected chi connectivity index (χ2v) is 4.86. The molecular weight excluding hydrogens is 236 g/mol. The van der Waals surface area contributed by atoms with Gasteiger partial charge in [-0.25, -0.2) is 0 Å². The van der Waals surface area contributed by atoms with Crippen molar-refractivity contribution >= 4 is 0 Å². The Morgan fingerprint density at radius 2 is 1.89 bits per heavy atom. The van der Waals surface area contributed by atoms with E-state index in [1.807, 2.05) is 24.3 Å². The second-order valence-electron chi connectivity index (χ2n) is 4.86. The Bertz CT molecular complexity index is 520. The zero-order valence-electron chi connectivity index (χ0n) is 11.1. The predicted octanol–water partition coefficient (Wildman–Crippen LogP) is 3.63. The lowest BCUT2D eigenvalue weighted by molar-refractivity contribution is 0.148. The fraction of sp³-hybridized carbons (Fsp3) is 0.294. The average molecular weight is 254 g/mol. The van der Waals surface area contributed by atoms with Gasteiger partial charge in [-0.2, -0.15) is 0 Å². The first-order chi connectivity index (χ1) is 9.35. The minimum Gasteiger partial charge on any atom is -0.490 e. The molecule has 1 aliphatic rings. The number of hydrogen-bond donors (Lipinski definition) is 0. The number of rotatable bonds is 4. The molecule has 0 amide bonds. The standard InChI is InChI=1S/C17H18O2/c1-2-13-7-9-15(10-8-13)18-12-16-11-14-5-3-4-6-17(14)19-16/h3-10,16H,2,11-12H2,1H3. The Kier molecular flexibility index (Phi) is 3.41. The highest BCUT2D eigenvalue weighted by Crippen LogP contribution is 2.28. The molecule has 0 bridgehead atoms. The number of ether oxygens (including phenoxy) is 2. The van der Waals surface area contributed by atoms with Crippen LogP contribution in [0.4, 0.5) is 0 Å². The molecule has 1 heterocycles. The summed E-state index contributed by atoms with van der Waals surface area (Å²) in [5.41, 5.74) is 2.61. The van der Waals surface area contributed by atoms with Crippen molar-refractivity contribution < 1.29 is 9.47 Å². The molecule has 2 nitrogen and oxygen atoms in total. The number of benzene rings is 2. The molecule has 2 heteroatoms. The van der Waals surface area contributed by atoms with Crippen LogP contribution in [0.1, 0.15) is 18.1 Å². The highest BCUT2D eigenvalue weighted by molar-refractivity contribution is 5.37. The highest BCUT2D eigenvalue weighted by atomic mass is 16.5. The third-order valence-electron chi connectivity index (χ3n) is 3.48. The minimum atomic E-state index is 0.128. The van der Waals surface area contributed by atoms with Crippen LogP contribution in [0.5, 0.6) is 11.5 Å². The molecule has 0 aliphatic carbocycles. The maximum absolute atomic E-state index is 5.85. The Hall–Kier alpha value is -1.96. The van der Waals surface area contributed by atoms with E-state index in [4.69, 9.17) is 9.47 Å². The van der Waals surface area contributed by atoms with Crippen LogP contribution in [-0.2, 0) is 12.8 Å². The van der Waals surface area contributed by atoms with E-state index in [0.717, 1.165) is 24.3 Å². The molecule has 1 aliphatic heterocycles. The van der Waals surface area contributed by atoms with Crippen LogP contribution in [0, 0.1) is 0 Å². The van der Waals surface area contributed by atoms with Crippen molar-refractivity contribution in [3.8, 4) is 11.5 Å². The van der Waals surface area contributed by atoms with Gasteiger partial charge in [-0.05, 0) is 35.7 Å². The predicted molar refractivity (Wildman–Crippen MR) is 75.9 cm³/mol. The molecule has 98 valence electrons. The lowest BCUT2D eigenvalue weighted by atomic mass is 10.1. The summed E-state index contributed by atoms with van der Waals surface area (Å²) in [5.74, 6) is 1.91. The third-order valence-corrected chi connectivity index (χ3v) is 3.48. The Morgan fingerprint density at radius 3 is 2.63 bits per heavy atom. The van der Waals surface area contributed by atoms with E-state index in [1.165, 1.54) is 11.1 Å². The second kappa shape index (κ2) is 5.35. The molecular formula is C17H18O2. The van der Waals surface area contributed by atoms with E-state index in [9.17, 15) is 0 Å². The third kappa shape index (κ3) is 2.73. The molecule has 0 fully saturated rings. The van der Waals surface area contributed by atoms with Crippen molar-refractivity contribution in [2.45, 2.75) is 25.9 Å². The van der Waals surface area contributed by atoms with Crippen molar-refractivity contribution in [1.82, 2.24) is 0 Å². The van der Waals surface area contributed by atoms with Crippen LogP contribution >= 0.6 is 0 Å². The maximum atomic E-state index is 5.85. The smallest absolute Gasteiger partial charge is 0.137 e. The number of fused-ring (bicyclic) bond motifs is 1. The van der Waals surface area contributed by atoms with Crippen molar-refractivity contribution in [3.05, 3.63) is 59.7 Å². The first-order valence-corrected chi connectivity index (χ1v) is 6.81. The first-order valence-electron chi connectivity index (χ1n) is 6.81. The molecule has 2 aromatic carbocycles. The molecule has 2 aromatic rings. The van der Waals surface area contributed by atoms with Gasteiger partial charge < -0.3 is 9.47 Å². The van der Waals surface area contributed by atoms with Crippen molar-refractivity contribution in [2.75, 3.05) is 6.61 Å². The van der Waals surface area contributed by atoms with Gasteiger partial charge in [0.15, 0.2) is 0 Å². The molecule has 0 saturated heterocycles. The van der Waals surface area contributed by atoms with Crippen molar-refractivity contribution in [1.29, 1.82) is 0 Å². The zero-order valence-corrected chi connectivity index (χ0v) is 11.1. The largest absolute Gasteiger partial charge is 0.490 e. The molecule has 3 rings (SSSR count). The number of aryl methyl sites for hydroxylation is 1. The van der Waals surface area contributed by atoms with Gasteiger partial charge in [-0.3, -0.25) is 0 Å². The quantitative estimate of drug-likeness (QED) is 0.829. The first kappa shape index (κ1) is 12.1. The molecule has 0 N–H and O–H groups in total. The fourth-order valence-corrected chi connectivity index (χ4v) is 2.36. The summed E-state index contributed by atoms with van der Waals surface area (Å²) in [4.78, 5) is 0. The lowest BCUT2D eigenvalue weighted by Gasteiger charge is -2.12. The summed E-state index contributed by atoms with van der Waals surface area (Å²) in [6.07, 6.45) is 2.12. The molecule has 19 heavy (non-hydrogen) atoms. The maximum Gasteiger partial charge on any atom is 0.137 e. The fourth-order valence-electron chi connectivity index (χ4n) is 2.36. The summed E-state index contributed by atoms with van der Waals surface area (Å²) >= 11 is 0. The van der Waals surface area contributed by atoms with Crippen molar-refractivity contribution in [2.24, 2.45) is 0 Å². The Balaban J connectivity index is 1.56. The lowest BCUT2D eigenvalue weighted by Crippen LogP contribution is -2.22. The normalized spacial score (nSPS) is 16.8. The van der Waals surface area contributed by atoms with Crippen LogP contribution in [-0.4, -0.2) is 12.7 Å². The Labute approximate surface area is 114 Å². The number of hydrogen-bond acceptors (Lipinski definition) is 2. The molecule has 0 aromatic heterocycles. The van der Waals surface area contributed by atoms with Crippen LogP contribution in [0.2, 0.25) is 0 Å². The van der Waals surface area contributed by atoms with Crippen molar-refractivity contribution in [3.63, 3.8) is 0 Å². The van der Waals surface area contributed by atoms with Gasteiger partial charge >= 0.3 is 0 Å². The van der Waals surface area contributed by atoms with E-state index in [-0.39, 0.29) is 6.10 Å². The molecule has 0 spiro atoms. The van der Waals surface area contributed by atoms with Crippen LogP contribution in [0.25, 0.3) is 0 Å². The van der Waals surface area contributed by atoms with Gasteiger partial charge in [-0.15, -0.1) is 0 Å². The van der Waals surface area contributed by atoms with Gasteiger partial charge in [0.05, 0.1) is 0 Å². The van der Waals surface area contributed by atoms with Gasteiger partial charge in [0.25, 0.3) is 0 Å². The van der Waals surface area contributed by atoms with Crippen LogP contribution < -0.4 is 9.47 Å². The van der Waals surface area contributed by atoms with E-state index >= 15 is 0 Å². The molecule has 0 radical (unpaired) electrons. The molecule has 1 atom stereocenters. The topological polar surface area (TPSA) is 18.5 Å². The summed E-state index contributed by atoms with van der Waals surface area (Å²) in [5, 5.41) is 0. The van der Waals surface area contributed by atoms with E-state index in [1.54, 1.807) is 0 Å². The summed E-state index contributed by atoms with van der Waals surface area (Å²) in [6.45, 7) is 2.75. The molecule has 1 unspecified atom stereocenters. The Morgan fingerprint density at radius 1 is 1.11 bits per heavy atom. The minimum absolute atomic E-state index is 0.128. The number of para-hydroxylation sites is 1. The van der Waals surface area contributed by atoms with E-state index in [2.05, 4.69) is 31.2 Å². The summed E-state index contributed by atoms with van der Waals surface area (Å²) in [6, 6.07) is 16.5. The monoisotopic (exact) mass is 254 g/mol. The van der Waals surface area contributed by atoms with Gasteiger partial charge in [0.1, 0.15) is 24.2 Å². The van der Waals surface area contributed by atoms with Gasteiger partial charge in [-0.1, -0.05) is 37.3 Å². The summed E-state index contributed by atoms with van der Waals surface area (Å²) < 4.78 is 11.6. The SMILES string of the molecule is CCc1ccc(OCC2Cc3ccccc3O2)cc1. The molecule has 0 saturated carbocycles. The highest BCUT2D eigenvalue weighted by Gasteiger charge is 2.22. The summed E-state index contributed by atoms with van der Waals surface area (Å²) in [7, 11) is 0. The van der Waals surface area contributed by atoms with Crippen LogP contribution in [0.15, 0.2) is 48.5 Å². The van der Waals surface area contributed by atoms with Gasteiger partial charge in [0, 0.05) is 6.42 Å². The van der Waals surface area contributed by atoms with Gasteiger partial charge in [0.2, 0.25) is 0 Å². The van der Waals surface area contributed by atoms with E-state index in [0.29, 0.717) is 6.61 Å². The van der Waals surface area contributed by atoms with Crippen LogP contribution in [0.3, 0.4) is 0 Å². The average Bonchev–Trinajstić information content (AvgIpc) is 2.88.